The first-order valence-corrected chi connectivity index (χ1v) is 3.74. The standard InChI is InChI=1S/C8H12O3/c1-4-8(3)6(5(2)9)7(10)11-8/h6H,4H2,1-3H3/t6-,8-/m0/s1. The van der Waals surface area contributed by atoms with E-state index < -0.39 is 11.5 Å². The van der Waals surface area contributed by atoms with E-state index in [0.29, 0.717) is 6.42 Å². The normalized spacial score (nSPS) is 35.9. The Labute approximate surface area is 65.7 Å². The Hall–Kier alpha value is -0.860. The summed E-state index contributed by atoms with van der Waals surface area (Å²) in [6.07, 6.45) is 0.697. The lowest BCUT2D eigenvalue weighted by Crippen LogP contribution is -2.57. The van der Waals surface area contributed by atoms with Crippen molar-refractivity contribution < 1.29 is 14.3 Å². The minimum Gasteiger partial charge on any atom is -0.457 e. The third-order valence-corrected chi connectivity index (χ3v) is 2.29. The summed E-state index contributed by atoms with van der Waals surface area (Å²) < 4.78 is 4.89. The minimum atomic E-state index is -0.525. The smallest absolute Gasteiger partial charge is 0.321 e. The molecular weight excluding hydrogens is 144 g/mol. The summed E-state index contributed by atoms with van der Waals surface area (Å²) in [5.41, 5.74) is -0.525. The van der Waals surface area contributed by atoms with E-state index >= 15 is 0 Å². The van der Waals surface area contributed by atoms with Crippen LogP contribution in [0.25, 0.3) is 0 Å². The van der Waals surface area contributed by atoms with E-state index in [0.717, 1.165) is 0 Å². The molecule has 0 aromatic carbocycles. The Morgan fingerprint density at radius 2 is 2.27 bits per heavy atom. The van der Waals surface area contributed by atoms with Crippen LogP contribution in [0.15, 0.2) is 0 Å². The van der Waals surface area contributed by atoms with Crippen molar-refractivity contribution in [1.29, 1.82) is 0 Å². The Balaban J connectivity index is 2.76. The van der Waals surface area contributed by atoms with Crippen LogP contribution in [-0.2, 0) is 14.3 Å². The molecule has 0 spiro atoms. The highest BCUT2D eigenvalue weighted by molar-refractivity contribution is 6.02. The fraction of sp³-hybridized carbons (Fsp3) is 0.750. The molecule has 1 rings (SSSR count). The molecular formula is C8H12O3. The number of carbonyl (C=O) groups is 2. The Morgan fingerprint density at radius 1 is 1.73 bits per heavy atom. The summed E-state index contributed by atoms with van der Waals surface area (Å²) in [5, 5.41) is 0. The van der Waals surface area contributed by atoms with Gasteiger partial charge in [0.15, 0.2) is 5.92 Å². The van der Waals surface area contributed by atoms with Crippen molar-refractivity contribution in [3.05, 3.63) is 0 Å². The summed E-state index contributed by atoms with van der Waals surface area (Å²) in [4.78, 5) is 21.7. The predicted molar refractivity (Wildman–Crippen MR) is 39.0 cm³/mol. The molecule has 1 aliphatic heterocycles. The van der Waals surface area contributed by atoms with Crippen molar-refractivity contribution >= 4 is 11.8 Å². The fourth-order valence-corrected chi connectivity index (χ4v) is 1.41. The number of hydrogen-bond acceptors (Lipinski definition) is 3. The number of cyclic esters (lactones) is 1. The van der Waals surface area contributed by atoms with E-state index in [1.54, 1.807) is 6.92 Å². The second-order valence-corrected chi connectivity index (χ2v) is 3.13. The van der Waals surface area contributed by atoms with Crippen LogP contribution in [0.5, 0.6) is 0 Å². The molecule has 3 nitrogen and oxygen atoms in total. The fourth-order valence-electron chi connectivity index (χ4n) is 1.41. The first kappa shape index (κ1) is 8.24. The average molecular weight is 156 g/mol. The van der Waals surface area contributed by atoms with Crippen LogP contribution < -0.4 is 0 Å². The molecule has 0 radical (unpaired) electrons. The molecule has 2 atom stereocenters. The summed E-state index contributed by atoms with van der Waals surface area (Å²) in [6.45, 7) is 5.13. The number of rotatable bonds is 2. The maximum atomic E-state index is 10.9. The molecule has 0 unspecified atom stereocenters. The Morgan fingerprint density at radius 3 is 2.45 bits per heavy atom. The van der Waals surface area contributed by atoms with Gasteiger partial charge in [-0.05, 0) is 20.3 Å². The van der Waals surface area contributed by atoms with Gasteiger partial charge in [-0.25, -0.2) is 0 Å². The van der Waals surface area contributed by atoms with E-state index in [4.69, 9.17) is 4.74 Å². The number of esters is 1. The summed E-state index contributed by atoms with van der Waals surface area (Å²) in [5.74, 6) is -0.986. The highest BCUT2D eigenvalue weighted by atomic mass is 16.6. The zero-order valence-electron chi connectivity index (χ0n) is 7.01. The van der Waals surface area contributed by atoms with Crippen molar-refractivity contribution in [2.75, 3.05) is 0 Å². The van der Waals surface area contributed by atoms with Crippen LogP contribution in [0, 0.1) is 5.92 Å². The SMILES string of the molecule is CC[C@]1(C)OC(=O)[C@@H]1C(C)=O. The molecule has 1 aliphatic rings. The van der Waals surface area contributed by atoms with Gasteiger partial charge in [0, 0.05) is 0 Å². The molecule has 1 saturated heterocycles. The van der Waals surface area contributed by atoms with Gasteiger partial charge in [0.2, 0.25) is 0 Å². The second kappa shape index (κ2) is 2.32. The minimum absolute atomic E-state index is 0.0920. The molecule has 0 aromatic heterocycles. The first-order chi connectivity index (χ1) is 5.01. The molecule has 11 heavy (non-hydrogen) atoms. The molecule has 3 heteroatoms. The van der Waals surface area contributed by atoms with Gasteiger partial charge in [0.05, 0.1) is 0 Å². The quantitative estimate of drug-likeness (QED) is 0.441. The third-order valence-electron chi connectivity index (χ3n) is 2.29. The topological polar surface area (TPSA) is 43.4 Å². The molecule has 1 fully saturated rings. The molecule has 0 saturated carbocycles. The van der Waals surface area contributed by atoms with Gasteiger partial charge >= 0.3 is 5.97 Å². The number of ketones is 1. The van der Waals surface area contributed by atoms with E-state index in [-0.39, 0.29) is 11.8 Å². The largest absolute Gasteiger partial charge is 0.457 e. The highest BCUT2D eigenvalue weighted by Crippen LogP contribution is 2.37. The Kier molecular flexibility index (Phi) is 1.74. The van der Waals surface area contributed by atoms with Gasteiger partial charge in [0.1, 0.15) is 11.4 Å². The lowest BCUT2D eigenvalue weighted by molar-refractivity contribution is -0.208. The van der Waals surface area contributed by atoms with Gasteiger partial charge in [-0.3, -0.25) is 9.59 Å². The van der Waals surface area contributed by atoms with E-state index in [2.05, 4.69) is 0 Å². The van der Waals surface area contributed by atoms with Crippen LogP contribution >= 0.6 is 0 Å². The zero-order valence-corrected chi connectivity index (χ0v) is 7.01. The van der Waals surface area contributed by atoms with Crippen LogP contribution in [0.4, 0.5) is 0 Å². The van der Waals surface area contributed by atoms with Crippen LogP contribution in [0.1, 0.15) is 27.2 Å². The molecule has 1 heterocycles. The third kappa shape index (κ3) is 1.04. The van der Waals surface area contributed by atoms with Gasteiger partial charge in [-0.2, -0.15) is 0 Å². The summed E-state index contributed by atoms with van der Waals surface area (Å²) >= 11 is 0. The zero-order chi connectivity index (χ0) is 8.65. The lowest BCUT2D eigenvalue weighted by atomic mass is 9.79. The molecule has 0 N–H and O–H groups in total. The van der Waals surface area contributed by atoms with Crippen molar-refractivity contribution in [2.45, 2.75) is 32.8 Å². The number of carbonyl (C=O) groups excluding carboxylic acids is 2. The van der Waals surface area contributed by atoms with Gasteiger partial charge in [0.25, 0.3) is 0 Å². The number of Topliss-reactive ketones (excluding diaryl/α,β-unsaturated/α-hetero) is 1. The predicted octanol–water partition coefficient (Wildman–Crippen LogP) is 0.917. The Bertz CT molecular complexity index is 201. The number of ether oxygens (including phenoxy) is 1. The van der Waals surface area contributed by atoms with Crippen LogP contribution in [0.3, 0.4) is 0 Å². The molecule has 0 bridgehead atoms. The van der Waals surface area contributed by atoms with Crippen molar-refractivity contribution in [2.24, 2.45) is 5.92 Å². The van der Waals surface area contributed by atoms with E-state index in [9.17, 15) is 9.59 Å². The summed E-state index contributed by atoms with van der Waals surface area (Å²) in [6, 6.07) is 0. The highest BCUT2D eigenvalue weighted by Gasteiger charge is 2.54. The van der Waals surface area contributed by atoms with Crippen molar-refractivity contribution in [1.82, 2.24) is 0 Å². The van der Waals surface area contributed by atoms with E-state index in [1.165, 1.54) is 6.92 Å². The lowest BCUT2D eigenvalue weighted by Gasteiger charge is -2.43. The van der Waals surface area contributed by atoms with Crippen molar-refractivity contribution in [3.63, 3.8) is 0 Å². The first-order valence-electron chi connectivity index (χ1n) is 3.74. The maximum Gasteiger partial charge on any atom is 0.321 e. The monoisotopic (exact) mass is 156 g/mol. The van der Waals surface area contributed by atoms with Gasteiger partial charge in [-0.1, -0.05) is 6.92 Å². The van der Waals surface area contributed by atoms with E-state index in [1.807, 2.05) is 6.92 Å². The van der Waals surface area contributed by atoms with Gasteiger partial charge in [-0.15, -0.1) is 0 Å². The van der Waals surface area contributed by atoms with Crippen molar-refractivity contribution in [3.8, 4) is 0 Å². The summed E-state index contributed by atoms with van der Waals surface area (Å²) in [7, 11) is 0. The average Bonchev–Trinajstić information content (AvgIpc) is 1.84. The second-order valence-electron chi connectivity index (χ2n) is 3.13. The van der Waals surface area contributed by atoms with Crippen LogP contribution in [-0.4, -0.2) is 17.4 Å². The van der Waals surface area contributed by atoms with Crippen LogP contribution in [0.2, 0.25) is 0 Å². The molecule has 0 aliphatic carbocycles. The molecule has 62 valence electrons. The molecule has 0 amide bonds. The molecule has 0 aromatic rings. The number of hydrogen-bond donors (Lipinski definition) is 0. The maximum absolute atomic E-state index is 10.9. The van der Waals surface area contributed by atoms with Gasteiger partial charge < -0.3 is 4.74 Å².